The van der Waals surface area contributed by atoms with Gasteiger partial charge in [-0.25, -0.2) is 0 Å². The standard InChI is InChI=1S/C36H63N3O/c1-25(2)10-8-12-27(5)32-15-16-33-31-14-13-28-22-30(17-19-35(28,6)34(31)18-20-36(32,33)7)40-24-29-23-39(38-37-29)21-9-11-26(3)4/h23,25-28,30-34H,8-22,24H2,1-7H3/t27-,28?,30+,31?,32-,33?,34?,35+,36-/m1/s1. The van der Waals surface area contributed by atoms with Gasteiger partial charge in [0, 0.05) is 6.54 Å². The third-order valence-corrected chi connectivity index (χ3v) is 13.0. The monoisotopic (exact) mass is 553 g/mol. The Morgan fingerprint density at radius 1 is 0.850 bits per heavy atom. The molecule has 0 aromatic carbocycles. The van der Waals surface area contributed by atoms with Crippen molar-refractivity contribution in [3.05, 3.63) is 11.9 Å². The normalized spacial score (nSPS) is 38.3. The summed E-state index contributed by atoms with van der Waals surface area (Å²) < 4.78 is 8.52. The summed E-state index contributed by atoms with van der Waals surface area (Å²) in [7, 11) is 0. The fourth-order valence-corrected chi connectivity index (χ4v) is 10.8. The molecule has 0 aliphatic heterocycles. The molecule has 4 aliphatic carbocycles. The minimum Gasteiger partial charge on any atom is -0.372 e. The summed E-state index contributed by atoms with van der Waals surface area (Å²) in [6.45, 7) is 19.0. The molecule has 4 heteroatoms. The van der Waals surface area contributed by atoms with E-state index in [9.17, 15) is 0 Å². The van der Waals surface area contributed by atoms with Crippen LogP contribution in [0.2, 0.25) is 0 Å². The highest BCUT2D eigenvalue weighted by Crippen LogP contribution is 2.68. The van der Waals surface area contributed by atoms with Gasteiger partial charge in [-0.3, -0.25) is 4.68 Å². The first-order valence-corrected chi connectivity index (χ1v) is 17.6. The van der Waals surface area contributed by atoms with Crippen molar-refractivity contribution in [3.63, 3.8) is 0 Å². The summed E-state index contributed by atoms with van der Waals surface area (Å²) in [5.74, 6) is 7.24. The Hall–Kier alpha value is -0.900. The third kappa shape index (κ3) is 6.37. The molecule has 9 atom stereocenters. The van der Waals surface area contributed by atoms with Gasteiger partial charge in [-0.1, -0.05) is 72.9 Å². The summed E-state index contributed by atoms with van der Waals surface area (Å²) in [6.07, 6.45) is 22.0. The van der Waals surface area contributed by atoms with Crippen molar-refractivity contribution in [1.82, 2.24) is 15.0 Å². The van der Waals surface area contributed by atoms with Gasteiger partial charge in [0.15, 0.2) is 0 Å². The lowest BCUT2D eigenvalue weighted by Crippen LogP contribution is -2.54. The van der Waals surface area contributed by atoms with Gasteiger partial charge in [0.05, 0.1) is 18.9 Å². The molecule has 4 fully saturated rings. The minimum absolute atomic E-state index is 0.400. The first-order chi connectivity index (χ1) is 19.1. The first kappa shape index (κ1) is 30.6. The molecule has 0 N–H and O–H groups in total. The number of hydrogen-bond acceptors (Lipinski definition) is 3. The van der Waals surface area contributed by atoms with Gasteiger partial charge in [0.2, 0.25) is 0 Å². The van der Waals surface area contributed by atoms with Crippen LogP contribution in [0.15, 0.2) is 6.20 Å². The molecule has 1 aromatic rings. The van der Waals surface area contributed by atoms with E-state index in [4.69, 9.17) is 4.74 Å². The second-order valence-electron chi connectivity index (χ2n) is 16.4. The molecule has 1 heterocycles. The van der Waals surface area contributed by atoms with Gasteiger partial charge in [-0.05, 0) is 129 Å². The van der Waals surface area contributed by atoms with E-state index in [1.807, 2.05) is 4.68 Å². The van der Waals surface area contributed by atoms with Crippen LogP contribution in [0.1, 0.15) is 144 Å². The van der Waals surface area contributed by atoms with Crippen LogP contribution in [-0.4, -0.2) is 21.1 Å². The smallest absolute Gasteiger partial charge is 0.108 e. The van der Waals surface area contributed by atoms with Crippen LogP contribution < -0.4 is 0 Å². The predicted octanol–water partition coefficient (Wildman–Crippen LogP) is 9.72. The van der Waals surface area contributed by atoms with E-state index in [1.165, 1.54) is 89.9 Å². The molecule has 0 radical (unpaired) electrons. The Labute approximate surface area is 247 Å². The van der Waals surface area contributed by atoms with E-state index in [1.54, 1.807) is 0 Å². The number of aryl methyl sites for hydroxylation is 1. The Bertz CT molecular complexity index is 940. The van der Waals surface area contributed by atoms with Gasteiger partial charge in [0.25, 0.3) is 0 Å². The Balaban J connectivity index is 1.13. The number of ether oxygens (including phenoxy) is 1. The van der Waals surface area contributed by atoms with E-state index in [0.29, 0.717) is 23.5 Å². The average molecular weight is 554 g/mol. The Morgan fingerprint density at radius 2 is 1.57 bits per heavy atom. The predicted molar refractivity (Wildman–Crippen MR) is 166 cm³/mol. The third-order valence-electron chi connectivity index (χ3n) is 13.0. The van der Waals surface area contributed by atoms with Gasteiger partial charge in [0.1, 0.15) is 5.69 Å². The van der Waals surface area contributed by atoms with Crippen LogP contribution in [0, 0.1) is 58.2 Å². The molecule has 228 valence electrons. The van der Waals surface area contributed by atoms with E-state index >= 15 is 0 Å². The molecule has 5 rings (SSSR count). The lowest BCUT2D eigenvalue weighted by molar-refractivity contribution is -0.138. The van der Waals surface area contributed by atoms with Crippen molar-refractivity contribution in [1.29, 1.82) is 0 Å². The number of aromatic nitrogens is 3. The maximum absolute atomic E-state index is 6.51. The quantitative estimate of drug-likeness (QED) is 0.259. The topological polar surface area (TPSA) is 39.9 Å². The van der Waals surface area contributed by atoms with Crippen LogP contribution in [0.25, 0.3) is 0 Å². The van der Waals surface area contributed by atoms with Crippen molar-refractivity contribution in [2.24, 2.45) is 58.2 Å². The van der Waals surface area contributed by atoms with Gasteiger partial charge in [-0.15, -0.1) is 5.10 Å². The summed E-state index contributed by atoms with van der Waals surface area (Å²) in [6, 6.07) is 0. The lowest BCUT2D eigenvalue weighted by atomic mass is 9.44. The van der Waals surface area contributed by atoms with E-state index in [2.05, 4.69) is 65.0 Å². The lowest BCUT2D eigenvalue weighted by Gasteiger charge is -2.61. The average Bonchev–Trinajstić information content (AvgIpc) is 3.50. The highest BCUT2D eigenvalue weighted by Gasteiger charge is 2.60. The van der Waals surface area contributed by atoms with Crippen LogP contribution in [-0.2, 0) is 17.9 Å². The zero-order valence-corrected chi connectivity index (χ0v) is 27.3. The van der Waals surface area contributed by atoms with Gasteiger partial charge in [-0.2, -0.15) is 0 Å². The zero-order valence-electron chi connectivity index (χ0n) is 27.3. The largest absolute Gasteiger partial charge is 0.372 e. The SMILES string of the molecule is CC(C)CCC[C@@H](C)[C@H]1CCC2C3CCC4C[C@@H](OCc5cn(CCCC(C)C)nn5)CC[C@]4(C)C3CC[C@@]21C. The fourth-order valence-electron chi connectivity index (χ4n) is 10.8. The summed E-state index contributed by atoms with van der Waals surface area (Å²) in [4.78, 5) is 0. The molecular formula is C36H63N3O. The molecule has 4 unspecified atom stereocenters. The summed E-state index contributed by atoms with van der Waals surface area (Å²) in [5, 5.41) is 8.77. The molecule has 4 aliphatic rings. The highest BCUT2D eigenvalue weighted by atomic mass is 16.5. The van der Waals surface area contributed by atoms with Gasteiger partial charge >= 0.3 is 0 Å². The highest BCUT2D eigenvalue weighted by molar-refractivity contribution is 5.10. The van der Waals surface area contributed by atoms with Crippen LogP contribution in [0.5, 0.6) is 0 Å². The molecular weight excluding hydrogens is 490 g/mol. The Morgan fingerprint density at radius 3 is 2.35 bits per heavy atom. The maximum atomic E-state index is 6.51. The minimum atomic E-state index is 0.400. The number of fused-ring (bicyclic) bond motifs is 5. The van der Waals surface area contributed by atoms with Crippen molar-refractivity contribution in [3.8, 4) is 0 Å². The van der Waals surface area contributed by atoms with Crippen molar-refractivity contribution in [2.45, 2.75) is 158 Å². The number of rotatable bonds is 12. The zero-order chi connectivity index (χ0) is 28.5. The summed E-state index contributed by atoms with van der Waals surface area (Å²) in [5.41, 5.74) is 2.14. The van der Waals surface area contributed by atoms with Crippen molar-refractivity contribution in [2.75, 3.05) is 0 Å². The second kappa shape index (κ2) is 12.8. The van der Waals surface area contributed by atoms with Crippen LogP contribution >= 0.6 is 0 Å². The fraction of sp³-hybridized carbons (Fsp3) is 0.944. The molecule has 40 heavy (non-hydrogen) atoms. The molecule has 4 saturated carbocycles. The molecule has 0 spiro atoms. The van der Waals surface area contributed by atoms with Crippen LogP contribution in [0.3, 0.4) is 0 Å². The molecule has 4 nitrogen and oxygen atoms in total. The second-order valence-corrected chi connectivity index (χ2v) is 16.4. The van der Waals surface area contributed by atoms with E-state index < -0.39 is 0 Å². The van der Waals surface area contributed by atoms with E-state index in [0.717, 1.165) is 59.6 Å². The summed E-state index contributed by atoms with van der Waals surface area (Å²) >= 11 is 0. The maximum Gasteiger partial charge on any atom is 0.108 e. The Kier molecular flexibility index (Phi) is 9.75. The number of nitrogens with zero attached hydrogens (tertiary/aromatic N) is 3. The number of hydrogen-bond donors (Lipinski definition) is 0. The van der Waals surface area contributed by atoms with Gasteiger partial charge < -0.3 is 4.74 Å². The molecule has 1 aromatic heterocycles. The molecule has 0 amide bonds. The molecule has 0 bridgehead atoms. The van der Waals surface area contributed by atoms with E-state index in [-0.39, 0.29) is 0 Å². The van der Waals surface area contributed by atoms with Crippen molar-refractivity contribution < 1.29 is 4.74 Å². The van der Waals surface area contributed by atoms with Crippen molar-refractivity contribution >= 4 is 0 Å². The first-order valence-electron chi connectivity index (χ1n) is 17.6. The van der Waals surface area contributed by atoms with Crippen LogP contribution in [0.4, 0.5) is 0 Å². The molecule has 0 saturated heterocycles.